The van der Waals surface area contributed by atoms with Gasteiger partial charge in [0.1, 0.15) is 0 Å². The van der Waals surface area contributed by atoms with Gasteiger partial charge in [0.25, 0.3) is 5.91 Å². The zero-order valence-electron chi connectivity index (χ0n) is 14.6. The van der Waals surface area contributed by atoms with Gasteiger partial charge >= 0.3 is 0 Å². The summed E-state index contributed by atoms with van der Waals surface area (Å²) in [4.78, 5) is 16.4. The second-order valence-corrected chi connectivity index (χ2v) is 8.34. The van der Waals surface area contributed by atoms with Crippen molar-refractivity contribution < 1.29 is 13.2 Å². The first-order valence-electron chi connectivity index (χ1n) is 8.61. The number of rotatable bonds is 3. The van der Waals surface area contributed by atoms with E-state index in [1.807, 2.05) is 6.07 Å². The molecule has 2 aromatic rings. The average Bonchev–Trinajstić information content (AvgIpc) is 2.69. The van der Waals surface area contributed by atoms with Crippen molar-refractivity contribution in [3.63, 3.8) is 0 Å². The number of pyridine rings is 1. The summed E-state index contributed by atoms with van der Waals surface area (Å²) in [5.41, 5.74) is 2.18. The maximum atomic E-state index is 13.3. The molecule has 0 radical (unpaired) electrons. The van der Waals surface area contributed by atoms with E-state index in [0.29, 0.717) is 38.2 Å². The largest absolute Gasteiger partial charge is 0.352 e. The van der Waals surface area contributed by atoms with Crippen LogP contribution in [0.2, 0.25) is 0 Å². The van der Waals surface area contributed by atoms with Crippen molar-refractivity contribution in [2.45, 2.75) is 17.4 Å². The molecule has 1 amide bonds. The number of nitrogens with one attached hydrogen (secondary N) is 2. The molecule has 1 aromatic carbocycles. The van der Waals surface area contributed by atoms with Crippen molar-refractivity contribution in [3.05, 3.63) is 59.4 Å². The molecular formula is C18H21ClN4O3S. The third kappa shape index (κ3) is 3.70. The van der Waals surface area contributed by atoms with Gasteiger partial charge in [0.2, 0.25) is 10.0 Å². The molecule has 1 unspecified atom stereocenters. The van der Waals surface area contributed by atoms with Crippen LogP contribution in [0.1, 0.15) is 27.5 Å². The molecule has 1 saturated heterocycles. The van der Waals surface area contributed by atoms with Gasteiger partial charge in [-0.3, -0.25) is 9.78 Å². The Morgan fingerprint density at radius 1 is 1.19 bits per heavy atom. The Kier molecular flexibility index (Phi) is 5.81. The van der Waals surface area contributed by atoms with Crippen LogP contribution in [0.25, 0.3) is 0 Å². The number of hydrogen-bond acceptors (Lipinski definition) is 5. The second kappa shape index (κ2) is 7.93. The Morgan fingerprint density at radius 2 is 2.04 bits per heavy atom. The van der Waals surface area contributed by atoms with Gasteiger partial charge in [0.05, 0.1) is 10.9 Å². The van der Waals surface area contributed by atoms with Crippen LogP contribution in [0.15, 0.2) is 47.6 Å². The molecule has 1 fully saturated rings. The van der Waals surface area contributed by atoms with Crippen LogP contribution >= 0.6 is 12.4 Å². The number of aromatic nitrogens is 1. The van der Waals surface area contributed by atoms with E-state index >= 15 is 0 Å². The zero-order chi connectivity index (χ0) is 18.1. The summed E-state index contributed by atoms with van der Waals surface area (Å²) < 4.78 is 28.1. The normalized spacial score (nSPS) is 20.3. The van der Waals surface area contributed by atoms with Gasteiger partial charge in [-0.15, -0.1) is 12.4 Å². The number of carbonyl (C=O) groups excluding carboxylic acids is 1. The van der Waals surface area contributed by atoms with Crippen molar-refractivity contribution in [1.82, 2.24) is 19.9 Å². The van der Waals surface area contributed by atoms with Gasteiger partial charge in [-0.25, -0.2) is 8.42 Å². The molecular weight excluding hydrogens is 388 g/mol. The van der Waals surface area contributed by atoms with E-state index in [1.54, 1.807) is 30.6 Å². The van der Waals surface area contributed by atoms with Crippen molar-refractivity contribution in [2.24, 2.45) is 0 Å². The maximum Gasteiger partial charge on any atom is 0.251 e. The van der Waals surface area contributed by atoms with Crippen molar-refractivity contribution in [3.8, 4) is 0 Å². The maximum absolute atomic E-state index is 13.3. The summed E-state index contributed by atoms with van der Waals surface area (Å²) in [5.74, 6) is -0.215. The van der Waals surface area contributed by atoms with Gasteiger partial charge in [-0.1, -0.05) is 12.1 Å². The second-order valence-electron chi connectivity index (χ2n) is 6.45. The van der Waals surface area contributed by atoms with Crippen LogP contribution in [-0.2, 0) is 16.4 Å². The van der Waals surface area contributed by atoms with Crippen LogP contribution in [-0.4, -0.2) is 49.8 Å². The van der Waals surface area contributed by atoms with Gasteiger partial charge in [-0.05, 0) is 35.7 Å². The third-order valence-corrected chi connectivity index (χ3v) is 6.78. The highest BCUT2D eigenvalue weighted by molar-refractivity contribution is 7.89. The Labute approximate surface area is 164 Å². The lowest BCUT2D eigenvalue weighted by molar-refractivity contribution is 0.0945. The highest BCUT2D eigenvalue weighted by Crippen LogP contribution is 2.29. The van der Waals surface area contributed by atoms with Crippen LogP contribution < -0.4 is 10.6 Å². The molecule has 2 N–H and O–H groups in total. The summed E-state index contributed by atoms with van der Waals surface area (Å²) in [6.07, 6.45) is 4.08. The minimum Gasteiger partial charge on any atom is -0.352 e. The van der Waals surface area contributed by atoms with Crippen LogP contribution in [0.3, 0.4) is 0 Å². The lowest BCUT2D eigenvalue weighted by Crippen LogP contribution is -2.48. The molecule has 4 rings (SSSR count). The van der Waals surface area contributed by atoms with Crippen molar-refractivity contribution in [2.75, 3.05) is 26.2 Å². The lowest BCUT2D eigenvalue weighted by Gasteiger charge is -2.35. The summed E-state index contributed by atoms with van der Waals surface area (Å²) >= 11 is 0. The number of piperazine rings is 1. The van der Waals surface area contributed by atoms with E-state index in [1.165, 1.54) is 10.4 Å². The molecule has 2 aliphatic rings. The number of benzene rings is 1. The van der Waals surface area contributed by atoms with E-state index in [-0.39, 0.29) is 29.3 Å². The van der Waals surface area contributed by atoms with E-state index < -0.39 is 10.0 Å². The number of sulfonamides is 1. The monoisotopic (exact) mass is 408 g/mol. The smallest absolute Gasteiger partial charge is 0.251 e. The molecule has 0 spiro atoms. The predicted octanol–water partition coefficient (Wildman–Crippen LogP) is 1.12. The first-order valence-corrected chi connectivity index (χ1v) is 10.0. The van der Waals surface area contributed by atoms with Gasteiger partial charge in [-0.2, -0.15) is 4.31 Å². The topological polar surface area (TPSA) is 91.4 Å². The number of halogens is 1. The predicted molar refractivity (Wildman–Crippen MR) is 103 cm³/mol. The Bertz CT molecular complexity index is 937. The summed E-state index contributed by atoms with van der Waals surface area (Å²) in [7, 11) is -3.73. The Hall–Kier alpha value is -2.00. The van der Waals surface area contributed by atoms with Crippen molar-refractivity contribution in [1.29, 1.82) is 0 Å². The molecule has 9 heteroatoms. The molecule has 144 valence electrons. The van der Waals surface area contributed by atoms with Gasteiger partial charge in [0, 0.05) is 44.1 Å². The number of hydrogen-bond donors (Lipinski definition) is 2. The minimum atomic E-state index is -3.73. The average molecular weight is 409 g/mol. The fraction of sp³-hybridized carbons (Fsp3) is 0.333. The standard InChI is InChI=1S/C18H20N4O3S.ClH/c23-18-16-10-15(4-3-13(16)5-7-21-18)26(24,25)22-9-8-20-12-17(22)14-2-1-6-19-11-14;/h1-4,6,10-11,17,20H,5,7-9,12H2,(H,21,23);1H. The first kappa shape index (κ1) is 19.8. The van der Waals surface area contributed by atoms with Crippen LogP contribution in [0, 0.1) is 0 Å². The van der Waals surface area contributed by atoms with Crippen molar-refractivity contribution >= 4 is 28.3 Å². The zero-order valence-corrected chi connectivity index (χ0v) is 16.2. The van der Waals surface area contributed by atoms with E-state index in [9.17, 15) is 13.2 Å². The van der Waals surface area contributed by atoms with Gasteiger partial charge < -0.3 is 10.6 Å². The fourth-order valence-corrected chi connectivity index (χ4v) is 5.16. The minimum absolute atomic E-state index is 0. The molecule has 0 saturated carbocycles. The SMILES string of the molecule is Cl.O=C1NCCc2ccc(S(=O)(=O)N3CCNCC3c3cccnc3)cc21. The quantitative estimate of drug-likeness (QED) is 0.794. The summed E-state index contributed by atoms with van der Waals surface area (Å²) in [6, 6.07) is 8.22. The summed E-state index contributed by atoms with van der Waals surface area (Å²) in [5, 5.41) is 6.01. The van der Waals surface area contributed by atoms with Crippen LogP contribution in [0.4, 0.5) is 0 Å². The molecule has 2 aliphatic heterocycles. The van der Waals surface area contributed by atoms with E-state index in [2.05, 4.69) is 15.6 Å². The molecule has 27 heavy (non-hydrogen) atoms. The highest BCUT2D eigenvalue weighted by Gasteiger charge is 2.35. The van der Waals surface area contributed by atoms with Gasteiger partial charge in [0.15, 0.2) is 0 Å². The van der Waals surface area contributed by atoms with E-state index in [4.69, 9.17) is 0 Å². The lowest BCUT2D eigenvalue weighted by atomic mass is 10.0. The molecule has 0 bridgehead atoms. The summed E-state index contributed by atoms with van der Waals surface area (Å²) in [6.45, 7) is 2.06. The first-order chi connectivity index (χ1) is 12.6. The number of fused-ring (bicyclic) bond motifs is 1. The Balaban J connectivity index is 0.00000210. The number of carbonyl (C=O) groups is 1. The van der Waals surface area contributed by atoms with Crippen LogP contribution in [0.5, 0.6) is 0 Å². The molecule has 7 nitrogen and oxygen atoms in total. The number of amides is 1. The molecule has 1 aromatic heterocycles. The molecule has 1 atom stereocenters. The molecule has 0 aliphatic carbocycles. The Morgan fingerprint density at radius 3 is 2.81 bits per heavy atom. The fourth-order valence-electron chi connectivity index (χ4n) is 3.52. The third-order valence-electron chi connectivity index (χ3n) is 4.88. The number of nitrogens with zero attached hydrogens (tertiary/aromatic N) is 2. The van der Waals surface area contributed by atoms with E-state index in [0.717, 1.165) is 11.1 Å². The molecule has 3 heterocycles. The highest BCUT2D eigenvalue weighted by atomic mass is 35.5.